The van der Waals surface area contributed by atoms with Crippen LogP contribution in [0.3, 0.4) is 0 Å². The number of anilines is 2. The summed E-state index contributed by atoms with van der Waals surface area (Å²) in [5, 5.41) is 12.9. The second-order valence-electron chi connectivity index (χ2n) is 6.92. The molecule has 0 saturated heterocycles. The molecule has 0 radical (unpaired) electrons. The molecule has 0 aliphatic carbocycles. The lowest BCUT2D eigenvalue weighted by molar-refractivity contribution is 0.973. The van der Waals surface area contributed by atoms with Gasteiger partial charge < -0.3 is 4.90 Å². The van der Waals surface area contributed by atoms with E-state index in [1.807, 2.05) is 99.0 Å². The van der Waals surface area contributed by atoms with Crippen LogP contribution in [0.1, 0.15) is 5.56 Å². The molecule has 3 aromatic carbocycles. The molecule has 30 heavy (non-hydrogen) atoms. The van der Waals surface area contributed by atoms with E-state index in [0.717, 1.165) is 33.8 Å². The summed E-state index contributed by atoms with van der Waals surface area (Å²) in [4.78, 5) is 6.74. The SMILES string of the molecule is CN(C)c1ccc(C=NNc2nnc(-c3ccccc3)c(-c3ccccc3)n2)cc1. The maximum atomic E-state index is 4.68. The van der Waals surface area contributed by atoms with Gasteiger partial charge in [-0.15, -0.1) is 10.2 Å². The van der Waals surface area contributed by atoms with Gasteiger partial charge in [0.15, 0.2) is 0 Å². The van der Waals surface area contributed by atoms with E-state index >= 15 is 0 Å². The van der Waals surface area contributed by atoms with Crippen LogP contribution in [0.25, 0.3) is 22.5 Å². The summed E-state index contributed by atoms with van der Waals surface area (Å²) in [6, 6.07) is 28.0. The molecule has 6 heteroatoms. The summed E-state index contributed by atoms with van der Waals surface area (Å²) in [6.45, 7) is 0. The Morgan fingerprint density at radius 3 is 1.93 bits per heavy atom. The van der Waals surface area contributed by atoms with Gasteiger partial charge in [-0.2, -0.15) is 5.10 Å². The number of nitrogens with one attached hydrogen (secondary N) is 1. The largest absolute Gasteiger partial charge is 0.378 e. The van der Waals surface area contributed by atoms with E-state index in [-0.39, 0.29) is 0 Å². The van der Waals surface area contributed by atoms with Crippen LogP contribution in [-0.2, 0) is 0 Å². The Hall–Kier alpha value is -4.06. The van der Waals surface area contributed by atoms with E-state index < -0.39 is 0 Å². The quantitative estimate of drug-likeness (QED) is 0.379. The van der Waals surface area contributed by atoms with Crippen molar-refractivity contribution in [1.29, 1.82) is 0 Å². The molecule has 0 fully saturated rings. The number of hydrazone groups is 1. The first-order valence-corrected chi connectivity index (χ1v) is 9.63. The van der Waals surface area contributed by atoms with Gasteiger partial charge in [0.25, 0.3) is 5.95 Å². The van der Waals surface area contributed by atoms with E-state index in [0.29, 0.717) is 5.95 Å². The van der Waals surface area contributed by atoms with Crippen molar-refractivity contribution in [1.82, 2.24) is 15.2 Å². The van der Waals surface area contributed by atoms with Gasteiger partial charge in [-0.1, -0.05) is 72.8 Å². The minimum atomic E-state index is 0.342. The fraction of sp³-hybridized carbons (Fsp3) is 0.0833. The Morgan fingerprint density at radius 2 is 1.33 bits per heavy atom. The fourth-order valence-electron chi connectivity index (χ4n) is 2.98. The zero-order valence-corrected chi connectivity index (χ0v) is 16.9. The Balaban J connectivity index is 1.60. The monoisotopic (exact) mass is 394 g/mol. The van der Waals surface area contributed by atoms with Gasteiger partial charge in [0.1, 0.15) is 11.4 Å². The number of nitrogens with zero attached hydrogens (tertiary/aromatic N) is 5. The Bertz CT molecular complexity index is 1120. The summed E-state index contributed by atoms with van der Waals surface area (Å²) < 4.78 is 0. The van der Waals surface area contributed by atoms with Crippen molar-refractivity contribution in [3.8, 4) is 22.5 Å². The summed E-state index contributed by atoms with van der Waals surface area (Å²) in [6.07, 6.45) is 1.73. The standard InChI is InChI=1S/C24H22N6/c1-30(2)21-15-13-18(14-16-21)17-25-28-24-26-22(19-9-5-3-6-10-19)23(27-29-24)20-11-7-4-8-12-20/h3-17H,1-2H3,(H,26,28,29). The third-order valence-corrected chi connectivity index (χ3v) is 4.57. The summed E-state index contributed by atoms with van der Waals surface area (Å²) in [5.41, 5.74) is 8.43. The van der Waals surface area contributed by atoms with Crippen molar-refractivity contribution in [2.45, 2.75) is 0 Å². The average Bonchev–Trinajstić information content (AvgIpc) is 2.80. The van der Waals surface area contributed by atoms with Crippen molar-refractivity contribution in [2.75, 3.05) is 24.4 Å². The second kappa shape index (κ2) is 8.96. The molecule has 0 saturated carbocycles. The van der Waals surface area contributed by atoms with E-state index in [1.165, 1.54) is 0 Å². The van der Waals surface area contributed by atoms with Gasteiger partial charge in [-0.25, -0.2) is 10.4 Å². The van der Waals surface area contributed by atoms with Crippen LogP contribution >= 0.6 is 0 Å². The number of hydrogen-bond acceptors (Lipinski definition) is 6. The molecule has 0 aliphatic rings. The van der Waals surface area contributed by atoms with E-state index in [4.69, 9.17) is 0 Å². The number of hydrogen-bond donors (Lipinski definition) is 1. The molecule has 1 N–H and O–H groups in total. The molecule has 0 unspecified atom stereocenters. The average molecular weight is 394 g/mol. The second-order valence-corrected chi connectivity index (χ2v) is 6.92. The van der Waals surface area contributed by atoms with E-state index in [1.54, 1.807) is 6.21 Å². The smallest absolute Gasteiger partial charge is 0.263 e. The first-order chi connectivity index (χ1) is 14.7. The number of benzene rings is 3. The first kappa shape index (κ1) is 19.3. The van der Waals surface area contributed by atoms with Gasteiger partial charge in [0.05, 0.1) is 6.21 Å². The molecule has 4 rings (SSSR count). The van der Waals surface area contributed by atoms with Crippen molar-refractivity contribution >= 4 is 17.9 Å². The molecule has 6 nitrogen and oxygen atoms in total. The lowest BCUT2D eigenvalue weighted by Gasteiger charge is -2.11. The third kappa shape index (κ3) is 4.50. The summed E-state index contributed by atoms with van der Waals surface area (Å²) >= 11 is 0. The highest BCUT2D eigenvalue weighted by molar-refractivity contribution is 5.81. The predicted octanol–water partition coefficient (Wildman–Crippen LogP) is 4.72. The van der Waals surface area contributed by atoms with E-state index in [9.17, 15) is 0 Å². The molecule has 0 bridgehead atoms. The molecule has 0 amide bonds. The highest BCUT2D eigenvalue weighted by Crippen LogP contribution is 2.28. The van der Waals surface area contributed by atoms with E-state index in [2.05, 4.69) is 30.6 Å². The lowest BCUT2D eigenvalue weighted by Crippen LogP contribution is -2.08. The lowest BCUT2D eigenvalue weighted by atomic mass is 10.0. The number of rotatable bonds is 6. The highest BCUT2D eigenvalue weighted by atomic mass is 15.4. The minimum Gasteiger partial charge on any atom is -0.378 e. The molecule has 4 aromatic rings. The molecule has 1 heterocycles. The first-order valence-electron chi connectivity index (χ1n) is 9.63. The van der Waals surface area contributed by atoms with Crippen LogP contribution < -0.4 is 10.3 Å². The minimum absolute atomic E-state index is 0.342. The zero-order chi connectivity index (χ0) is 20.8. The third-order valence-electron chi connectivity index (χ3n) is 4.57. The molecule has 148 valence electrons. The summed E-state index contributed by atoms with van der Waals surface area (Å²) in [7, 11) is 4.02. The van der Waals surface area contributed by atoms with Crippen LogP contribution in [0.4, 0.5) is 11.6 Å². The predicted molar refractivity (Wildman–Crippen MR) is 123 cm³/mol. The van der Waals surface area contributed by atoms with Crippen LogP contribution in [0.15, 0.2) is 90.0 Å². The Labute approximate surface area is 176 Å². The molecular weight excluding hydrogens is 372 g/mol. The Morgan fingerprint density at radius 1 is 0.733 bits per heavy atom. The topological polar surface area (TPSA) is 66.3 Å². The molecular formula is C24H22N6. The molecule has 0 spiro atoms. The molecule has 0 aliphatic heterocycles. The van der Waals surface area contributed by atoms with Crippen LogP contribution in [-0.4, -0.2) is 35.5 Å². The Kier molecular flexibility index (Phi) is 5.75. The van der Waals surface area contributed by atoms with Gasteiger partial charge >= 0.3 is 0 Å². The zero-order valence-electron chi connectivity index (χ0n) is 16.9. The van der Waals surface area contributed by atoms with Gasteiger partial charge in [-0.3, -0.25) is 0 Å². The van der Waals surface area contributed by atoms with Crippen molar-refractivity contribution in [3.05, 3.63) is 90.5 Å². The maximum absolute atomic E-state index is 4.68. The van der Waals surface area contributed by atoms with Crippen molar-refractivity contribution in [3.63, 3.8) is 0 Å². The van der Waals surface area contributed by atoms with Gasteiger partial charge in [0, 0.05) is 30.9 Å². The van der Waals surface area contributed by atoms with Crippen LogP contribution in [0.5, 0.6) is 0 Å². The van der Waals surface area contributed by atoms with Crippen molar-refractivity contribution < 1.29 is 0 Å². The number of aromatic nitrogens is 3. The van der Waals surface area contributed by atoms with Crippen LogP contribution in [0.2, 0.25) is 0 Å². The summed E-state index contributed by atoms with van der Waals surface area (Å²) in [5.74, 6) is 0.342. The van der Waals surface area contributed by atoms with Crippen LogP contribution in [0, 0.1) is 0 Å². The highest BCUT2D eigenvalue weighted by Gasteiger charge is 2.13. The van der Waals surface area contributed by atoms with Crippen molar-refractivity contribution in [2.24, 2.45) is 5.10 Å². The van der Waals surface area contributed by atoms with Gasteiger partial charge in [-0.05, 0) is 17.7 Å². The normalized spacial score (nSPS) is 10.9. The molecule has 1 aromatic heterocycles. The van der Waals surface area contributed by atoms with Gasteiger partial charge in [0.2, 0.25) is 0 Å². The maximum Gasteiger partial charge on any atom is 0.263 e. The molecule has 0 atom stereocenters. The fourth-order valence-corrected chi connectivity index (χ4v) is 2.98.